The molecule has 1 heterocycles. The standard InChI is InChI=1S/C17H16ClN5O2S/c1-11-3-4-12(18)9-15(11)19-16(24)10-26-17-20-21-22-23(17)13-5-7-14(25-2)8-6-13/h3-9H,10H2,1-2H3,(H,19,24). The van der Waals surface area contributed by atoms with Crippen LogP contribution in [0.3, 0.4) is 0 Å². The van der Waals surface area contributed by atoms with E-state index in [1.54, 1.807) is 23.9 Å². The van der Waals surface area contributed by atoms with Gasteiger partial charge in [0.05, 0.1) is 18.6 Å². The number of benzene rings is 2. The second-order valence-corrected chi connectivity index (χ2v) is 6.75. The molecule has 0 aliphatic rings. The lowest BCUT2D eigenvalue weighted by Crippen LogP contribution is -2.15. The van der Waals surface area contributed by atoms with Crippen LogP contribution in [0.15, 0.2) is 47.6 Å². The van der Waals surface area contributed by atoms with Crippen LogP contribution in [0, 0.1) is 6.92 Å². The molecule has 0 radical (unpaired) electrons. The van der Waals surface area contributed by atoms with Gasteiger partial charge in [0.1, 0.15) is 5.75 Å². The van der Waals surface area contributed by atoms with Crippen LogP contribution in [0.1, 0.15) is 5.56 Å². The van der Waals surface area contributed by atoms with Crippen LogP contribution in [0.2, 0.25) is 5.02 Å². The van der Waals surface area contributed by atoms with Gasteiger partial charge in [0.25, 0.3) is 0 Å². The van der Waals surface area contributed by atoms with Crippen molar-refractivity contribution in [1.82, 2.24) is 20.2 Å². The number of carbonyl (C=O) groups excluding carboxylic acids is 1. The molecule has 1 amide bonds. The zero-order valence-electron chi connectivity index (χ0n) is 14.1. The minimum absolute atomic E-state index is 0.162. The highest BCUT2D eigenvalue weighted by Gasteiger charge is 2.12. The molecule has 2 aromatic carbocycles. The fourth-order valence-electron chi connectivity index (χ4n) is 2.20. The summed E-state index contributed by atoms with van der Waals surface area (Å²) in [6.07, 6.45) is 0. The molecule has 0 spiro atoms. The molecule has 1 aromatic heterocycles. The highest BCUT2D eigenvalue weighted by molar-refractivity contribution is 7.99. The van der Waals surface area contributed by atoms with Crippen molar-refractivity contribution >= 4 is 35.0 Å². The molecule has 0 unspecified atom stereocenters. The second-order valence-electron chi connectivity index (χ2n) is 5.37. The quantitative estimate of drug-likeness (QED) is 0.651. The van der Waals surface area contributed by atoms with Gasteiger partial charge in [-0.25, -0.2) is 0 Å². The minimum Gasteiger partial charge on any atom is -0.497 e. The third kappa shape index (κ3) is 4.33. The normalized spacial score (nSPS) is 10.6. The third-order valence-electron chi connectivity index (χ3n) is 3.56. The van der Waals surface area contributed by atoms with Crippen LogP contribution in [0.25, 0.3) is 5.69 Å². The second kappa shape index (κ2) is 8.20. The maximum Gasteiger partial charge on any atom is 0.234 e. The molecule has 0 atom stereocenters. The Kier molecular flexibility index (Phi) is 5.75. The number of amides is 1. The van der Waals surface area contributed by atoms with Crippen LogP contribution in [0.5, 0.6) is 5.75 Å². The molecular formula is C17H16ClN5O2S. The Bertz CT molecular complexity index is 914. The molecule has 9 heteroatoms. The Morgan fingerprint density at radius 1 is 1.27 bits per heavy atom. The molecule has 0 saturated heterocycles. The van der Waals surface area contributed by atoms with E-state index < -0.39 is 0 Å². The summed E-state index contributed by atoms with van der Waals surface area (Å²) in [4.78, 5) is 12.2. The lowest BCUT2D eigenvalue weighted by Gasteiger charge is -2.09. The summed E-state index contributed by atoms with van der Waals surface area (Å²) in [5.41, 5.74) is 2.41. The van der Waals surface area contributed by atoms with Crippen LogP contribution in [-0.2, 0) is 4.79 Å². The minimum atomic E-state index is -0.162. The van der Waals surface area contributed by atoms with E-state index in [1.165, 1.54) is 11.8 Å². The lowest BCUT2D eigenvalue weighted by atomic mass is 10.2. The summed E-state index contributed by atoms with van der Waals surface area (Å²) in [7, 11) is 1.60. The van der Waals surface area contributed by atoms with E-state index >= 15 is 0 Å². The largest absolute Gasteiger partial charge is 0.497 e. The number of rotatable bonds is 6. The van der Waals surface area contributed by atoms with E-state index in [1.807, 2.05) is 37.3 Å². The first-order valence-electron chi connectivity index (χ1n) is 7.68. The highest BCUT2D eigenvalue weighted by atomic mass is 35.5. The zero-order valence-corrected chi connectivity index (χ0v) is 15.7. The van der Waals surface area contributed by atoms with E-state index in [4.69, 9.17) is 16.3 Å². The van der Waals surface area contributed by atoms with Crippen LogP contribution in [0.4, 0.5) is 5.69 Å². The van der Waals surface area contributed by atoms with Crippen molar-refractivity contribution in [2.24, 2.45) is 0 Å². The average Bonchev–Trinajstić information content (AvgIpc) is 3.12. The summed E-state index contributed by atoms with van der Waals surface area (Å²) >= 11 is 7.22. The molecule has 26 heavy (non-hydrogen) atoms. The predicted molar refractivity (Wildman–Crippen MR) is 101 cm³/mol. The first kappa shape index (κ1) is 18.2. The van der Waals surface area contributed by atoms with E-state index in [9.17, 15) is 4.79 Å². The number of nitrogens with zero attached hydrogens (tertiary/aromatic N) is 4. The smallest absolute Gasteiger partial charge is 0.234 e. The number of halogens is 1. The predicted octanol–water partition coefficient (Wildman–Crippen LogP) is 3.36. The van der Waals surface area contributed by atoms with Gasteiger partial charge in [-0.05, 0) is 59.3 Å². The number of aryl methyl sites for hydroxylation is 1. The fourth-order valence-corrected chi connectivity index (χ4v) is 3.06. The number of nitrogens with one attached hydrogen (secondary N) is 1. The number of ether oxygens (including phenoxy) is 1. The number of hydrogen-bond acceptors (Lipinski definition) is 6. The zero-order chi connectivity index (χ0) is 18.5. The van der Waals surface area contributed by atoms with Gasteiger partial charge < -0.3 is 10.1 Å². The number of anilines is 1. The molecule has 7 nitrogen and oxygen atoms in total. The number of hydrogen-bond donors (Lipinski definition) is 1. The summed E-state index contributed by atoms with van der Waals surface area (Å²) < 4.78 is 6.71. The van der Waals surface area contributed by atoms with Gasteiger partial charge in [-0.1, -0.05) is 29.4 Å². The van der Waals surface area contributed by atoms with Crippen LogP contribution in [-0.4, -0.2) is 39.0 Å². The van der Waals surface area contributed by atoms with Gasteiger partial charge in [-0.3, -0.25) is 4.79 Å². The van der Waals surface area contributed by atoms with Gasteiger partial charge in [0, 0.05) is 10.7 Å². The molecular weight excluding hydrogens is 374 g/mol. The van der Waals surface area contributed by atoms with Crippen molar-refractivity contribution in [2.45, 2.75) is 12.1 Å². The lowest BCUT2D eigenvalue weighted by molar-refractivity contribution is -0.113. The third-order valence-corrected chi connectivity index (χ3v) is 4.72. The maximum atomic E-state index is 12.2. The molecule has 1 N–H and O–H groups in total. The topological polar surface area (TPSA) is 81.9 Å². The molecule has 3 aromatic rings. The molecule has 3 rings (SSSR count). The van der Waals surface area contributed by atoms with Crippen molar-refractivity contribution in [1.29, 1.82) is 0 Å². The molecule has 0 aliphatic carbocycles. The summed E-state index contributed by atoms with van der Waals surface area (Å²) in [5.74, 6) is 0.750. The number of aromatic nitrogens is 4. The van der Waals surface area contributed by atoms with Crippen molar-refractivity contribution in [3.05, 3.63) is 53.1 Å². The van der Waals surface area contributed by atoms with E-state index in [2.05, 4.69) is 20.8 Å². The van der Waals surface area contributed by atoms with Gasteiger partial charge in [0.15, 0.2) is 0 Å². The van der Waals surface area contributed by atoms with Gasteiger partial charge in [-0.2, -0.15) is 4.68 Å². The fraction of sp³-hybridized carbons (Fsp3) is 0.176. The Labute approximate surface area is 159 Å². The average molecular weight is 390 g/mol. The van der Waals surface area contributed by atoms with Crippen molar-refractivity contribution < 1.29 is 9.53 Å². The molecule has 134 valence electrons. The van der Waals surface area contributed by atoms with Crippen LogP contribution >= 0.6 is 23.4 Å². The van der Waals surface area contributed by atoms with Crippen molar-refractivity contribution in [2.75, 3.05) is 18.2 Å². The SMILES string of the molecule is COc1ccc(-n2nnnc2SCC(=O)Nc2cc(Cl)ccc2C)cc1. The van der Waals surface area contributed by atoms with Crippen molar-refractivity contribution in [3.63, 3.8) is 0 Å². The molecule has 0 fully saturated rings. The first-order valence-corrected chi connectivity index (χ1v) is 9.05. The highest BCUT2D eigenvalue weighted by Crippen LogP contribution is 2.22. The summed E-state index contributed by atoms with van der Waals surface area (Å²) in [6, 6.07) is 12.7. The van der Waals surface area contributed by atoms with Gasteiger partial charge in [-0.15, -0.1) is 5.10 Å². The van der Waals surface area contributed by atoms with E-state index in [0.717, 1.165) is 17.0 Å². The van der Waals surface area contributed by atoms with Crippen molar-refractivity contribution in [3.8, 4) is 11.4 Å². The number of carbonyl (C=O) groups is 1. The van der Waals surface area contributed by atoms with E-state index in [-0.39, 0.29) is 11.7 Å². The Balaban J connectivity index is 1.66. The summed E-state index contributed by atoms with van der Waals surface area (Å²) in [6.45, 7) is 1.91. The molecule has 0 saturated carbocycles. The molecule has 0 bridgehead atoms. The van der Waals surface area contributed by atoms with Gasteiger partial charge in [0.2, 0.25) is 11.1 Å². The Hall–Kier alpha value is -2.58. The molecule has 0 aliphatic heterocycles. The van der Waals surface area contributed by atoms with E-state index in [0.29, 0.717) is 15.9 Å². The van der Waals surface area contributed by atoms with Gasteiger partial charge >= 0.3 is 0 Å². The Morgan fingerprint density at radius 2 is 2.04 bits per heavy atom. The number of methoxy groups -OCH3 is 1. The number of tetrazole rings is 1. The Morgan fingerprint density at radius 3 is 2.77 bits per heavy atom. The first-order chi connectivity index (χ1) is 12.6. The number of thioether (sulfide) groups is 1. The maximum absolute atomic E-state index is 12.2. The summed E-state index contributed by atoms with van der Waals surface area (Å²) in [5, 5.41) is 15.6. The van der Waals surface area contributed by atoms with Crippen LogP contribution < -0.4 is 10.1 Å². The monoisotopic (exact) mass is 389 g/mol.